The van der Waals surface area contributed by atoms with Crippen LogP contribution in [-0.4, -0.2) is 87.3 Å². The maximum atomic E-state index is 12.8. The minimum Gasteiger partial charge on any atom is -0.477 e. The first-order chi connectivity index (χ1) is 14.7. The lowest BCUT2D eigenvalue weighted by atomic mass is 10.0. The molecule has 1 aromatic rings. The number of hydrogen-bond acceptors (Lipinski definition) is 10. The highest BCUT2D eigenvalue weighted by Gasteiger charge is 2.58. The molecule has 1 saturated heterocycles. The number of thiocarbonyl (C=S) groups is 1. The Labute approximate surface area is 191 Å². The van der Waals surface area contributed by atoms with Gasteiger partial charge in [0.1, 0.15) is 17.1 Å². The number of carbonyl (C=O) groups excluding carboxylic acids is 1. The lowest BCUT2D eigenvalue weighted by Crippen LogP contribution is -2.71. The summed E-state index contributed by atoms with van der Waals surface area (Å²) in [5.74, 6) is -1.62. The summed E-state index contributed by atoms with van der Waals surface area (Å²) in [7, 11) is -2.74. The number of aromatic nitrogens is 4. The fourth-order valence-corrected chi connectivity index (χ4v) is 7.11. The molecule has 2 aliphatic rings. The monoisotopic (exact) mass is 507 g/mol. The number of aliphatic carboxylic acids is 1. The first kappa shape index (κ1) is 24.0. The molecule has 31 heavy (non-hydrogen) atoms. The van der Waals surface area contributed by atoms with Gasteiger partial charge in [-0.1, -0.05) is 19.1 Å². The second-order valence-electron chi connectivity index (χ2n) is 6.43. The summed E-state index contributed by atoms with van der Waals surface area (Å²) in [6, 6.07) is -0.630. The second kappa shape index (κ2) is 9.88. The molecule has 0 saturated carbocycles. The fraction of sp³-hybridized carbons (Fsp3) is 0.600. The third kappa shape index (κ3) is 4.76. The van der Waals surface area contributed by atoms with Crippen LogP contribution >= 0.6 is 43.8 Å². The molecule has 0 bridgehead atoms. The number of fused-ring (bicyclic) bond motifs is 1. The van der Waals surface area contributed by atoms with E-state index in [9.17, 15) is 24.2 Å². The van der Waals surface area contributed by atoms with Crippen molar-refractivity contribution in [1.29, 1.82) is 0 Å². The zero-order chi connectivity index (χ0) is 22.8. The summed E-state index contributed by atoms with van der Waals surface area (Å²) in [5.41, 5.74) is -0.0734. The Bertz CT molecular complexity index is 930. The highest BCUT2D eigenvalue weighted by atomic mass is 32.2. The predicted molar refractivity (Wildman–Crippen MR) is 117 cm³/mol. The molecule has 1 amide bonds. The van der Waals surface area contributed by atoms with Crippen molar-refractivity contribution in [2.75, 3.05) is 18.5 Å². The van der Waals surface area contributed by atoms with Gasteiger partial charge in [-0.25, -0.2) is 4.79 Å². The summed E-state index contributed by atoms with van der Waals surface area (Å²) in [4.78, 5) is 34.9. The third-order valence-corrected chi connectivity index (χ3v) is 8.38. The molecular weight excluding hydrogens is 487 g/mol. The molecule has 0 aliphatic carbocycles. The molecule has 2 aliphatic heterocycles. The van der Waals surface area contributed by atoms with Crippen LogP contribution in [0.5, 0.6) is 0 Å². The van der Waals surface area contributed by atoms with E-state index in [2.05, 4.69) is 25.9 Å². The number of nitrogens with zero attached hydrogens (tertiary/aromatic N) is 4. The van der Waals surface area contributed by atoms with E-state index in [1.165, 1.54) is 16.7 Å². The standard InChI is InChI=1S/C15H19N6O6PS3/c1-3-8(29)16-9-11(22)21-10(13(23)24)7(5-30-12(9)21)15(27-4-2,6-28(25)26)31-14-17-19-20-18-14/h9,12H,3-6H2,1-2H3,(H3-,16,17,18,19,20,23,24,25,26,29)/p+1/t9-,12-,15?/m1/s1. The number of tetrazole rings is 1. The van der Waals surface area contributed by atoms with Gasteiger partial charge >= 0.3 is 14.0 Å². The zero-order valence-corrected chi connectivity index (χ0v) is 19.8. The molecule has 0 radical (unpaired) electrons. The number of H-pyrrole nitrogens is 1. The number of carbonyl (C=O) groups is 2. The Morgan fingerprint density at radius 1 is 1.55 bits per heavy atom. The number of carboxylic acid groups (broad SMARTS) is 1. The van der Waals surface area contributed by atoms with Gasteiger partial charge in [0.2, 0.25) is 11.3 Å². The van der Waals surface area contributed by atoms with Crippen molar-refractivity contribution in [1.82, 2.24) is 30.8 Å². The summed E-state index contributed by atoms with van der Waals surface area (Å²) in [6.07, 6.45) is 0.137. The van der Waals surface area contributed by atoms with Crippen LogP contribution in [0.3, 0.4) is 0 Å². The normalized spacial score (nSPS) is 23.0. The molecular formula is C15H20N6O6PS3+. The van der Waals surface area contributed by atoms with Gasteiger partial charge in [-0.3, -0.25) is 9.69 Å². The van der Waals surface area contributed by atoms with Gasteiger partial charge in [-0.05, 0) is 34.9 Å². The van der Waals surface area contributed by atoms with Gasteiger partial charge in [0, 0.05) is 17.9 Å². The Kier molecular flexibility index (Phi) is 7.65. The van der Waals surface area contributed by atoms with Gasteiger partial charge < -0.3 is 15.2 Å². The number of nitrogens with one attached hydrogen (secondary N) is 2. The number of aromatic amines is 1. The maximum absolute atomic E-state index is 12.8. The molecule has 1 fully saturated rings. The number of hydrogen-bond donors (Lipinski definition) is 4. The summed E-state index contributed by atoms with van der Waals surface area (Å²) < 4.78 is 17.8. The van der Waals surface area contributed by atoms with Crippen LogP contribution in [0, 0.1) is 0 Å². The molecule has 0 aromatic carbocycles. The Hall–Kier alpha value is -1.64. The molecule has 168 valence electrons. The van der Waals surface area contributed by atoms with Crippen LogP contribution in [0.15, 0.2) is 16.4 Å². The largest absolute Gasteiger partial charge is 0.509 e. The summed E-state index contributed by atoms with van der Waals surface area (Å²) in [6.45, 7) is 3.64. The highest BCUT2D eigenvalue weighted by molar-refractivity contribution is 8.01. The number of rotatable bonds is 10. The predicted octanol–water partition coefficient (Wildman–Crippen LogP) is 0.709. The van der Waals surface area contributed by atoms with Crippen LogP contribution in [0.25, 0.3) is 0 Å². The summed E-state index contributed by atoms with van der Waals surface area (Å²) >= 11 is 7.37. The van der Waals surface area contributed by atoms with Gasteiger partial charge in [-0.15, -0.1) is 22.0 Å². The van der Waals surface area contributed by atoms with Crippen molar-refractivity contribution in [3.63, 3.8) is 0 Å². The van der Waals surface area contributed by atoms with E-state index in [-0.39, 0.29) is 28.8 Å². The van der Waals surface area contributed by atoms with Gasteiger partial charge in [0.25, 0.3) is 5.91 Å². The third-order valence-electron chi connectivity index (χ3n) is 4.57. The van der Waals surface area contributed by atoms with Crippen LogP contribution < -0.4 is 5.32 Å². The average molecular weight is 508 g/mol. The smallest absolute Gasteiger partial charge is 0.477 e. The number of thioether (sulfide) groups is 2. The first-order valence-corrected chi connectivity index (χ1v) is 12.8. The summed E-state index contributed by atoms with van der Waals surface area (Å²) in [5, 5.41) is 26.1. The molecule has 4 atom stereocenters. The van der Waals surface area contributed by atoms with Crippen molar-refractivity contribution in [2.45, 2.75) is 41.8 Å². The zero-order valence-electron chi connectivity index (χ0n) is 16.5. The van der Waals surface area contributed by atoms with E-state index in [1.807, 2.05) is 6.92 Å². The number of ether oxygens (including phenoxy) is 1. The molecule has 3 heterocycles. The van der Waals surface area contributed by atoms with E-state index < -0.39 is 42.4 Å². The molecule has 3 rings (SSSR count). The van der Waals surface area contributed by atoms with Gasteiger partial charge in [0.15, 0.2) is 4.93 Å². The fourth-order valence-electron chi connectivity index (χ4n) is 3.29. The minimum absolute atomic E-state index is 0.109. The van der Waals surface area contributed by atoms with Crippen molar-refractivity contribution < 1.29 is 28.9 Å². The van der Waals surface area contributed by atoms with Crippen LogP contribution in [0.2, 0.25) is 0 Å². The van der Waals surface area contributed by atoms with Gasteiger partial charge in [0.05, 0.1) is 4.99 Å². The quantitative estimate of drug-likeness (QED) is 0.115. The van der Waals surface area contributed by atoms with Crippen molar-refractivity contribution in [3.05, 3.63) is 11.3 Å². The van der Waals surface area contributed by atoms with E-state index >= 15 is 0 Å². The lowest BCUT2D eigenvalue weighted by Gasteiger charge is -2.51. The van der Waals surface area contributed by atoms with Crippen LogP contribution in [-0.2, 0) is 18.9 Å². The van der Waals surface area contributed by atoms with E-state index in [1.54, 1.807) is 6.92 Å². The lowest BCUT2D eigenvalue weighted by molar-refractivity contribution is -0.148. The molecule has 2 unspecified atom stereocenters. The number of carboxylic acids is 1. The molecule has 0 spiro atoms. The Morgan fingerprint density at radius 3 is 2.84 bits per heavy atom. The highest BCUT2D eigenvalue weighted by Crippen LogP contribution is 2.50. The minimum atomic E-state index is -2.74. The number of β-lactam (4-membered cyclic amide) rings is 1. The topological polar surface area (TPSA) is 171 Å². The van der Waals surface area contributed by atoms with Crippen molar-refractivity contribution >= 4 is 60.6 Å². The van der Waals surface area contributed by atoms with E-state index in [0.717, 1.165) is 11.8 Å². The molecule has 4 N–H and O–H groups in total. The van der Waals surface area contributed by atoms with Crippen LogP contribution in [0.4, 0.5) is 0 Å². The van der Waals surface area contributed by atoms with Crippen LogP contribution in [0.1, 0.15) is 20.3 Å². The van der Waals surface area contributed by atoms with E-state index in [4.69, 9.17) is 17.0 Å². The van der Waals surface area contributed by atoms with E-state index in [0.29, 0.717) is 11.4 Å². The van der Waals surface area contributed by atoms with Gasteiger partial charge in [-0.2, -0.15) is 10.1 Å². The first-order valence-electron chi connectivity index (χ1n) is 9.15. The maximum Gasteiger partial charge on any atom is 0.509 e. The Balaban J connectivity index is 2.06. The second-order valence-corrected chi connectivity index (χ2v) is 10.3. The Morgan fingerprint density at radius 2 is 2.29 bits per heavy atom. The molecule has 1 aromatic heterocycles. The molecule has 16 heteroatoms. The average Bonchev–Trinajstić information content (AvgIpc) is 3.22. The molecule has 12 nitrogen and oxygen atoms in total. The van der Waals surface area contributed by atoms with Crippen molar-refractivity contribution in [3.8, 4) is 0 Å². The number of amides is 1. The SMILES string of the molecule is CCOC(C[P+](=O)O)(Sc1nn[nH]n1)C1=C(C(=O)O)N2C(=O)[C@@H](NC(=S)CC)[C@H]2SC1. The van der Waals surface area contributed by atoms with Crippen molar-refractivity contribution in [2.24, 2.45) is 0 Å².